The third-order valence-corrected chi connectivity index (χ3v) is 2.95. The van der Waals surface area contributed by atoms with Crippen molar-refractivity contribution < 1.29 is 4.79 Å². The van der Waals surface area contributed by atoms with Gasteiger partial charge >= 0.3 is 0 Å². The number of pyridine rings is 1. The fraction of sp³-hybridized carbons (Fsp3) is 0.417. The van der Waals surface area contributed by atoms with Crippen molar-refractivity contribution in [1.82, 2.24) is 4.98 Å². The van der Waals surface area contributed by atoms with Crippen LogP contribution in [0.2, 0.25) is 0 Å². The number of fused-ring (bicyclic) bond motifs is 1. The van der Waals surface area contributed by atoms with Crippen molar-refractivity contribution in [2.45, 2.75) is 26.3 Å². The zero-order valence-electron chi connectivity index (χ0n) is 9.16. The molecule has 2 heterocycles. The molecular formula is C12H13N3O. The van der Waals surface area contributed by atoms with Gasteiger partial charge in [-0.2, -0.15) is 0 Å². The normalized spacial score (nSPS) is 17.9. The molecule has 0 aromatic carbocycles. The molecule has 1 aromatic heterocycles. The SMILES string of the molecule is CC(=O)Nc1cc2c(cn1)C(C1CC1)=NC2. The highest BCUT2D eigenvalue weighted by Crippen LogP contribution is 2.37. The molecule has 0 spiro atoms. The van der Waals surface area contributed by atoms with Crippen LogP contribution in [0, 0.1) is 5.92 Å². The average molecular weight is 215 g/mol. The quantitative estimate of drug-likeness (QED) is 0.817. The number of carbonyl (C=O) groups excluding carboxylic acids is 1. The lowest BCUT2D eigenvalue weighted by Gasteiger charge is -2.05. The molecule has 82 valence electrons. The first-order valence-corrected chi connectivity index (χ1v) is 5.55. The third kappa shape index (κ3) is 1.60. The lowest BCUT2D eigenvalue weighted by Crippen LogP contribution is -2.09. The van der Waals surface area contributed by atoms with Crippen molar-refractivity contribution in [3.05, 3.63) is 23.4 Å². The van der Waals surface area contributed by atoms with Crippen LogP contribution in [0.5, 0.6) is 0 Å². The molecule has 2 aliphatic rings. The molecule has 0 unspecified atom stereocenters. The van der Waals surface area contributed by atoms with Crippen LogP contribution in [0.25, 0.3) is 0 Å². The van der Waals surface area contributed by atoms with Crippen molar-refractivity contribution in [3.63, 3.8) is 0 Å². The zero-order valence-corrected chi connectivity index (χ0v) is 9.16. The molecule has 0 saturated heterocycles. The Morgan fingerprint density at radius 1 is 1.50 bits per heavy atom. The second kappa shape index (κ2) is 3.40. The fourth-order valence-corrected chi connectivity index (χ4v) is 2.07. The van der Waals surface area contributed by atoms with Crippen LogP contribution in [0.1, 0.15) is 30.9 Å². The van der Waals surface area contributed by atoms with E-state index in [0.717, 1.165) is 6.54 Å². The second-order valence-electron chi connectivity index (χ2n) is 4.38. The number of nitrogens with zero attached hydrogens (tertiary/aromatic N) is 2. The largest absolute Gasteiger partial charge is 0.311 e. The Balaban J connectivity index is 1.89. The van der Waals surface area contributed by atoms with Crippen LogP contribution in [0.15, 0.2) is 17.3 Å². The molecule has 3 rings (SSSR count). The van der Waals surface area contributed by atoms with Crippen molar-refractivity contribution in [3.8, 4) is 0 Å². The topological polar surface area (TPSA) is 54.4 Å². The van der Waals surface area contributed by atoms with E-state index in [-0.39, 0.29) is 5.91 Å². The van der Waals surface area contributed by atoms with E-state index >= 15 is 0 Å². The molecule has 4 heteroatoms. The molecule has 1 amide bonds. The smallest absolute Gasteiger partial charge is 0.222 e. The Kier molecular flexibility index (Phi) is 2.02. The Hall–Kier alpha value is -1.71. The van der Waals surface area contributed by atoms with Gasteiger partial charge in [0.2, 0.25) is 5.91 Å². The molecule has 0 atom stereocenters. The maximum absolute atomic E-state index is 10.9. The summed E-state index contributed by atoms with van der Waals surface area (Å²) < 4.78 is 0. The lowest BCUT2D eigenvalue weighted by molar-refractivity contribution is -0.114. The summed E-state index contributed by atoms with van der Waals surface area (Å²) in [5, 5.41) is 2.69. The number of nitrogens with one attached hydrogen (secondary N) is 1. The summed E-state index contributed by atoms with van der Waals surface area (Å²) in [4.78, 5) is 19.7. The number of hydrogen-bond acceptors (Lipinski definition) is 3. The first-order chi connectivity index (χ1) is 7.74. The monoisotopic (exact) mass is 215 g/mol. The van der Waals surface area contributed by atoms with E-state index < -0.39 is 0 Å². The number of amides is 1. The summed E-state index contributed by atoms with van der Waals surface area (Å²) in [5.41, 5.74) is 3.58. The minimum atomic E-state index is -0.0891. The lowest BCUT2D eigenvalue weighted by atomic mass is 10.1. The Morgan fingerprint density at radius 2 is 2.31 bits per heavy atom. The predicted molar refractivity (Wildman–Crippen MR) is 61.5 cm³/mol. The van der Waals surface area contributed by atoms with Crippen molar-refractivity contribution in [2.75, 3.05) is 5.32 Å². The van der Waals surface area contributed by atoms with Crippen molar-refractivity contribution >= 4 is 17.4 Å². The van der Waals surface area contributed by atoms with Gasteiger partial charge in [0.1, 0.15) is 5.82 Å². The molecule has 1 aromatic rings. The highest BCUT2D eigenvalue weighted by Gasteiger charge is 2.32. The molecule has 1 saturated carbocycles. The number of carbonyl (C=O) groups is 1. The summed E-state index contributed by atoms with van der Waals surface area (Å²) in [6.07, 6.45) is 4.35. The van der Waals surface area contributed by atoms with Crippen molar-refractivity contribution in [2.24, 2.45) is 10.9 Å². The molecule has 1 aliphatic carbocycles. The molecule has 16 heavy (non-hydrogen) atoms. The standard InChI is InChI=1S/C12H13N3O/c1-7(16)15-11-4-9-5-14-12(8-2-3-8)10(9)6-13-11/h4,6,8H,2-3,5H2,1H3,(H,13,15,16). The second-order valence-corrected chi connectivity index (χ2v) is 4.38. The van der Waals surface area contributed by atoms with E-state index in [1.807, 2.05) is 12.3 Å². The van der Waals surface area contributed by atoms with Crippen LogP contribution in [-0.4, -0.2) is 16.6 Å². The molecule has 0 radical (unpaired) electrons. The van der Waals surface area contributed by atoms with E-state index in [2.05, 4.69) is 15.3 Å². The Bertz CT molecular complexity index is 489. The number of aromatic nitrogens is 1. The number of aliphatic imine (C=N–C) groups is 1. The van der Waals surface area contributed by atoms with E-state index in [9.17, 15) is 4.79 Å². The van der Waals surface area contributed by atoms with E-state index in [1.54, 1.807) is 0 Å². The average Bonchev–Trinajstić information content (AvgIpc) is 2.98. The summed E-state index contributed by atoms with van der Waals surface area (Å²) in [5.74, 6) is 1.20. The van der Waals surface area contributed by atoms with Crippen LogP contribution < -0.4 is 5.32 Å². The van der Waals surface area contributed by atoms with E-state index in [1.165, 1.54) is 36.6 Å². The maximum atomic E-state index is 10.9. The molecule has 0 bridgehead atoms. The van der Waals surface area contributed by atoms with Crippen LogP contribution in [-0.2, 0) is 11.3 Å². The minimum absolute atomic E-state index is 0.0891. The zero-order chi connectivity index (χ0) is 11.1. The molecule has 4 nitrogen and oxygen atoms in total. The highest BCUT2D eigenvalue weighted by molar-refractivity contribution is 6.06. The summed E-state index contributed by atoms with van der Waals surface area (Å²) in [6.45, 7) is 2.22. The van der Waals surface area contributed by atoms with Gasteiger partial charge in [-0.05, 0) is 24.5 Å². The molecule has 1 fully saturated rings. The molecular weight excluding hydrogens is 202 g/mol. The third-order valence-electron chi connectivity index (χ3n) is 2.95. The number of rotatable bonds is 2. The number of anilines is 1. The van der Waals surface area contributed by atoms with Crippen LogP contribution >= 0.6 is 0 Å². The first kappa shape index (κ1) is 9.51. The van der Waals surface area contributed by atoms with Gasteiger partial charge in [0.05, 0.1) is 6.54 Å². The predicted octanol–water partition coefficient (Wildman–Crippen LogP) is 1.75. The number of hydrogen-bond donors (Lipinski definition) is 1. The van der Waals surface area contributed by atoms with E-state index in [0.29, 0.717) is 11.7 Å². The van der Waals surface area contributed by atoms with Gasteiger partial charge in [-0.1, -0.05) is 0 Å². The molecule has 1 aliphatic heterocycles. The van der Waals surface area contributed by atoms with E-state index in [4.69, 9.17) is 0 Å². The van der Waals surface area contributed by atoms with Crippen LogP contribution in [0.4, 0.5) is 5.82 Å². The summed E-state index contributed by atoms with van der Waals surface area (Å²) in [6, 6.07) is 1.93. The molecule has 1 N–H and O–H groups in total. The minimum Gasteiger partial charge on any atom is -0.311 e. The highest BCUT2D eigenvalue weighted by atomic mass is 16.1. The van der Waals surface area contributed by atoms with Gasteiger partial charge in [-0.25, -0.2) is 4.98 Å². The van der Waals surface area contributed by atoms with Gasteiger partial charge in [0.25, 0.3) is 0 Å². The Morgan fingerprint density at radius 3 is 3.00 bits per heavy atom. The Labute approximate surface area is 93.8 Å². The van der Waals surface area contributed by atoms with Gasteiger partial charge < -0.3 is 5.32 Å². The fourth-order valence-electron chi connectivity index (χ4n) is 2.07. The van der Waals surface area contributed by atoms with Gasteiger partial charge in [0.15, 0.2) is 0 Å². The van der Waals surface area contributed by atoms with Gasteiger partial charge in [-0.15, -0.1) is 0 Å². The van der Waals surface area contributed by atoms with Crippen LogP contribution in [0.3, 0.4) is 0 Å². The maximum Gasteiger partial charge on any atom is 0.222 e. The van der Waals surface area contributed by atoms with Gasteiger partial charge in [-0.3, -0.25) is 9.79 Å². The first-order valence-electron chi connectivity index (χ1n) is 5.55. The summed E-state index contributed by atoms with van der Waals surface area (Å²) in [7, 11) is 0. The van der Waals surface area contributed by atoms with Gasteiger partial charge in [0, 0.05) is 30.3 Å². The summed E-state index contributed by atoms with van der Waals surface area (Å²) >= 11 is 0. The van der Waals surface area contributed by atoms with Crippen molar-refractivity contribution in [1.29, 1.82) is 0 Å².